The van der Waals surface area contributed by atoms with E-state index in [1.165, 1.54) is 6.08 Å². The van der Waals surface area contributed by atoms with E-state index in [0.29, 0.717) is 58.7 Å². The zero-order chi connectivity index (χ0) is 58.0. The van der Waals surface area contributed by atoms with Gasteiger partial charge in [0.25, 0.3) is 0 Å². The minimum Gasteiger partial charge on any atom is -0.479 e. The first-order valence-electron chi connectivity index (χ1n) is 25.2. The fourth-order valence-corrected chi connectivity index (χ4v) is 7.76. The molecule has 3 amide bonds. The number of aliphatic carboxylic acids is 2. The topological polar surface area (TPSA) is 463 Å². The average molecular weight is 1120 g/mol. The van der Waals surface area contributed by atoms with Gasteiger partial charge in [-0.3, -0.25) is 14.4 Å². The van der Waals surface area contributed by atoms with Gasteiger partial charge in [-0.1, -0.05) is 25.7 Å². The van der Waals surface area contributed by atoms with Gasteiger partial charge in [-0.25, -0.2) is 24.4 Å². The van der Waals surface area contributed by atoms with Gasteiger partial charge in [-0.15, -0.1) is 6.42 Å². The Morgan fingerprint density at radius 1 is 0.692 bits per heavy atom. The summed E-state index contributed by atoms with van der Waals surface area (Å²) in [5, 5.41) is 65.2. The number of aliphatic hydroxyl groups is 4. The molecular formula is C48H79N9O21. The molecule has 0 fully saturated rings. The van der Waals surface area contributed by atoms with Crippen molar-refractivity contribution in [2.45, 2.75) is 114 Å². The summed E-state index contributed by atoms with van der Waals surface area (Å²) in [6.45, 7) is 3.90. The first-order chi connectivity index (χ1) is 37.2. The van der Waals surface area contributed by atoms with E-state index in [0.717, 1.165) is 13.0 Å². The van der Waals surface area contributed by atoms with Gasteiger partial charge in [0.05, 0.1) is 90.6 Å². The number of amides is 3. The van der Waals surface area contributed by atoms with Crippen molar-refractivity contribution in [1.29, 1.82) is 0 Å². The molecule has 0 aromatic carbocycles. The number of hydrogen-bond acceptors (Lipinski definition) is 21. The molecule has 2 aliphatic rings. The third-order valence-corrected chi connectivity index (χ3v) is 11.5. The van der Waals surface area contributed by atoms with Crippen molar-refractivity contribution >= 4 is 47.7 Å². The molecule has 0 saturated carbocycles. The lowest BCUT2D eigenvalue weighted by Gasteiger charge is -2.39. The van der Waals surface area contributed by atoms with Crippen molar-refractivity contribution in [2.75, 3.05) is 98.9 Å². The average Bonchev–Trinajstić information content (AvgIpc) is 3.42. The molecule has 30 heteroatoms. The van der Waals surface area contributed by atoms with E-state index in [9.17, 15) is 59.4 Å². The first kappa shape index (κ1) is 67.5. The Hall–Kier alpha value is -6.56. The SMILES string of the molecule is C#CCOCCOCCOCCOCCC(=O)N(CCCCCCNC(=O)O[C@@H]([C@@H]1OC(C(=O)O)=C[C@H](N=C(N)N)[C@H]1NC(C)=O)[C@H](O)CO)CCOCCCC(=O)O[C@@H]([C@@H]1OC(C(=O)O)=C[C@H](N=C(N)N)[C@H]1C)[C@H](O)CO. The minimum atomic E-state index is -1.80. The zero-order valence-corrected chi connectivity index (χ0v) is 44.0. The second kappa shape index (κ2) is 38.1. The van der Waals surface area contributed by atoms with Crippen molar-refractivity contribution in [3.05, 3.63) is 23.7 Å². The number of unbranched alkanes of at least 4 members (excludes halogenated alkanes) is 3. The number of nitrogens with two attached hydrogens (primary N) is 4. The van der Waals surface area contributed by atoms with Crippen molar-refractivity contribution in [1.82, 2.24) is 15.5 Å². The molecule has 0 saturated heterocycles. The van der Waals surface area contributed by atoms with Crippen LogP contribution in [0.15, 0.2) is 33.7 Å². The van der Waals surface area contributed by atoms with Crippen LogP contribution in [-0.4, -0.2) is 237 Å². The van der Waals surface area contributed by atoms with Crippen molar-refractivity contribution in [3.8, 4) is 12.3 Å². The second-order valence-corrected chi connectivity index (χ2v) is 17.6. The van der Waals surface area contributed by atoms with Gasteiger partial charge in [-0.05, 0) is 31.4 Å². The van der Waals surface area contributed by atoms with E-state index < -0.39 is 121 Å². The summed E-state index contributed by atoms with van der Waals surface area (Å²) >= 11 is 0. The summed E-state index contributed by atoms with van der Waals surface area (Å²) < 4.78 is 49.4. The van der Waals surface area contributed by atoms with Gasteiger partial charge in [0.2, 0.25) is 23.3 Å². The number of ether oxygens (including phenoxy) is 9. The monoisotopic (exact) mass is 1120 g/mol. The van der Waals surface area contributed by atoms with Gasteiger partial charge in [0, 0.05) is 45.5 Å². The fourth-order valence-electron chi connectivity index (χ4n) is 7.76. The quantitative estimate of drug-likeness (QED) is 0.00918. The highest BCUT2D eigenvalue weighted by Gasteiger charge is 2.47. The number of aliphatic imine (C=N–C) groups is 2. The molecule has 442 valence electrons. The van der Waals surface area contributed by atoms with Crippen LogP contribution < -0.4 is 33.6 Å². The van der Waals surface area contributed by atoms with Gasteiger partial charge in [0.15, 0.2) is 30.2 Å². The molecule has 16 N–H and O–H groups in total. The summed E-state index contributed by atoms with van der Waals surface area (Å²) in [5.74, 6) is -4.99. The normalized spacial score (nSPS) is 20.3. The number of nitrogens with one attached hydrogen (secondary N) is 2. The maximum atomic E-state index is 13.4. The van der Waals surface area contributed by atoms with E-state index >= 15 is 0 Å². The van der Waals surface area contributed by atoms with Gasteiger partial charge in [0.1, 0.15) is 24.9 Å². The van der Waals surface area contributed by atoms with Crippen LogP contribution in [0.2, 0.25) is 0 Å². The van der Waals surface area contributed by atoms with E-state index in [2.05, 4.69) is 26.5 Å². The molecular weight excluding hydrogens is 1040 g/mol. The number of carbonyl (C=O) groups excluding carboxylic acids is 4. The molecule has 0 bridgehead atoms. The summed E-state index contributed by atoms with van der Waals surface area (Å²) in [4.78, 5) is 84.8. The lowest BCUT2D eigenvalue weighted by atomic mass is 9.87. The largest absolute Gasteiger partial charge is 0.479 e. The van der Waals surface area contributed by atoms with Crippen LogP contribution in [0.4, 0.5) is 4.79 Å². The van der Waals surface area contributed by atoms with Crippen LogP contribution in [0.3, 0.4) is 0 Å². The smallest absolute Gasteiger partial charge is 0.407 e. The number of carboxylic acid groups (broad SMARTS) is 2. The van der Waals surface area contributed by atoms with Crippen LogP contribution >= 0.6 is 0 Å². The van der Waals surface area contributed by atoms with Crippen molar-refractivity contribution in [2.24, 2.45) is 38.8 Å². The van der Waals surface area contributed by atoms with Gasteiger partial charge < -0.3 is 112 Å². The fraction of sp³-hybridized carbons (Fsp3) is 0.708. The van der Waals surface area contributed by atoms with Crippen LogP contribution in [0.25, 0.3) is 0 Å². The first-order valence-corrected chi connectivity index (χ1v) is 25.2. The molecule has 0 spiro atoms. The number of carbonyl (C=O) groups is 6. The summed E-state index contributed by atoms with van der Waals surface area (Å²) in [6, 6.07) is -3.40. The molecule has 0 aliphatic carbocycles. The molecule has 30 nitrogen and oxygen atoms in total. The third kappa shape index (κ3) is 26.2. The van der Waals surface area contributed by atoms with Gasteiger partial charge in [-0.2, -0.15) is 0 Å². The standard InChI is InChI=1S/C48H79N9O21/c1-4-15-70-19-21-73-23-24-74-22-20-72-17-11-37(63)57(14-18-71-16-9-10-38(64)77-41(33(61)27-58)40-29(2)31(55-46(49)50)25-35(75-40)44(65)66)13-8-6-5-7-12-53-48(69)78-42(34(62)28-59)43-39(54-30(3)60)32(56-47(51)52)26-36(76-43)45(67)68/h1,25-26,29,31-34,39-43,58-59,61-62H,5-24,27-28H2,2-3H3,(H,53,69)(H,54,60)(H,65,66)(H,67,68)(H4,49,50,55)(H4,51,52,56)/t29-,31+,32+,33-,34-,39-,40-,41-,42-,43-/m1/s1. The highest BCUT2D eigenvalue weighted by Crippen LogP contribution is 2.31. The Balaban J connectivity index is 1.96. The molecule has 2 heterocycles. The molecule has 0 aromatic heterocycles. The second-order valence-electron chi connectivity index (χ2n) is 17.6. The van der Waals surface area contributed by atoms with Crippen molar-refractivity contribution < 1.29 is 102 Å². The summed E-state index contributed by atoms with van der Waals surface area (Å²) in [7, 11) is 0. The number of hydrogen-bond donors (Lipinski definition) is 12. The Morgan fingerprint density at radius 3 is 1.78 bits per heavy atom. The molecule has 2 aliphatic heterocycles. The zero-order valence-electron chi connectivity index (χ0n) is 44.0. The lowest BCUT2D eigenvalue weighted by Crippen LogP contribution is -2.61. The summed E-state index contributed by atoms with van der Waals surface area (Å²) in [6.07, 6.45) is -1.09. The van der Waals surface area contributed by atoms with E-state index in [-0.39, 0.29) is 83.9 Å². The number of carboxylic acids is 2. The lowest BCUT2D eigenvalue weighted by molar-refractivity contribution is -0.176. The highest BCUT2D eigenvalue weighted by atomic mass is 16.6. The molecule has 0 radical (unpaired) electrons. The number of terminal acetylenes is 1. The predicted octanol–water partition coefficient (Wildman–Crippen LogP) is -3.87. The number of alkyl carbamates (subject to hydrolysis) is 1. The Labute approximate surface area is 451 Å². The number of nitrogens with zero attached hydrogens (tertiary/aromatic N) is 3. The number of rotatable bonds is 40. The summed E-state index contributed by atoms with van der Waals surface area (Å²) in [5.41, 5.74) is 22.1. The predicted molar refractivity (Wildman–Crippen MR) is 273 cm³/mol. The molecule has 10 atom stereocenters. The molecule has 0 aromatic rings. The van der Waals surface area contributed by atoms with Crippen molar-refractivity contribution in [3.63, 3.8) is 0 Å². The minimum absolute atomic E-state index is 0.0472. The number of esters is 1. The van der Waals surface area contributed by atoms with Crippen LogP contribution in [0.5, 0.6) is 0 Å². The number of guanidine groups is 2. The van der Waals surface area contributed by atoms with Crippen LogP contribution in [-0.2, 0) is 66.6 Å². The maximum absolute atomic E-state index is 13.4. The van der Waals surface area contributed by atoms with E-state index in [1.807, 2.05) is 0 Å². The van der Waals surface area contributed by atoms with E-state index in [4.69, 9.17) is 72.0 Å². The van der Waals surface area contributed by atoms with Crippen LogP contribution in [0.1, 0.15) is 58.8 Å². The molecule has 2 rings (SSSR count). The maximum Gasteiger partial charge on any atom is 0.407 e. The van der Waals surface area contributed by atoms with E-state index in [1.54, 1.807) is 11.8 Å². The Kier molecular flexibility index (Phi) is 33.0. The third-order valence-electron chi connectivity index (χ3n) is 11.5. The van der Waals surface area contributed by atoms with Gasteiger partial charge >= 0.3 is 24.0 Å². The van der Waals surface area contributed by atoms with Crippen LogP contribution in [0, 0.1) is 18.3 Å². The molecule has 78 heavy (non-hydrogen) atoms. The molecule has 0 unspecified atom stereocenters. The Morgan fingerprint density at radius 2 is 1.22 bits per heavy atom. The highest BCUT2D eigenvalue weighted by molar-refractivity contribution is 5.86. The Bertz CT molecular complexity index is 2030. The number of aliphatic hydroxyl groups excluding tert-OH is 4.